The first-order valence-electron chi connectivity index (χ1n) is 6.56. The molecule has 2 N–H and O–H groups in total. The van der Waals surface area contributed by atoms with Crippen LogP contribution in [0, 0.1) is 11.8 Å². The van der Waals surface area contributed by atoms with Gasteiger partial charge in [0.15, 0.2) is 0 Å². The molecule has 17 heavy (non-hydrogen) atoms. The van der Waals surface area contributed by atoms with E-state index in [9.17, 15) is 8.42 Å². The summed E-state index contributed by atoms with van der Waals surface area (Å²) in [7, 11) is -3.04. The van der Waals surface area contributed by atoms with Crippen LogP contribution in [0.15, 0.2) is 0 Å². The monoisotopic (exact) mass is 262 g/mol. The van der Waals surface area contributed by atoms with E-state index < -0.39 is 10.0 Å². The van der Waals surface area contributed by atoms with E-state index in [-0.39, 0.29) is 0 Å². The van der Waals surface area contributed by atoms with Crippen molar-refractivity contribution in [1.82, 2.24) is 10.0 Å². The summed E-state index contributed by atoms with van der Waals surface area (Å²) in [6, 6.07) is 0.567. The maximum Gasteiger partial charge on any atom is 0.208 e. The molecule has 0 aliphatic heterocycles. The minimum absolute atomic E-state index is 0.488. The molecular weight excluding hydrogens is 236 g/mol. The Hall–Kier alpha value is -0.130. The van der Waals surface area contributed by atoms with Gasteiger partial charge in [0.25, 0.3) is 0 Å². The van der Waals surface area contributed by atoms with E-state index in [4.69, 9.17) is 0 Å². The predicted molar refractivity (Wildman–Crippen MR) is 71.4 cm³/mol. The van der Waals surface area contributed by atoms with E-state index in [2.05, 4.69) is 23.9 Å². The lowest BCUT2D eigenvalue weighted by atomic mass is 9.79. The van der Waals surface area contributed by atoms with Gasteiger partial charge in [-0.25, -0.2) is 13.1 Å². The van der Waals surface area contributed by atoms with Crippen LogP contribution >= 0.6 is 0 Å². The van der Waals surface area contributed by atoms with Crippen molar-refractivity contribution < 1.29 is 8.42 Å². The van der Waals surface area contributed by atoms with Gasteiger partial charge in [0, 0.05) is 19.1 Å². The Bertz CT molecular complexity index is 314. The predicted octanol–water partition coefficient (Wildman–Crippen LogP) is 1.34. The molecule has 2 unspecified atom stereocenters. The van der Waals surface area contributed by atoms with Gasteiger partial charge >= 0.3 is 0 Å². The molecule has 1 fully saturated rings. The van der Waals surface area contributed by atoms with E-state index in [1.807, 2.05) is 0 Å². The lowest BCUT2D eigenvalue weighted by molar-refractivity contribution is 0.232. The molecule has 0 heterocycles. The Kier molecular flexibility index (Phi) is 5.89. The fraction of sp³-hybridized carbons (Fsp3) is 1.00. The highest BCUT2D eigenvalue weighted by atomic mass is 32.2. The first-order chi connectivity index (χ1) is 7.88. The van der Waals surface area contributed by atoms with Crippen molar-refractivity contribution in [3.05, 3.63) is 0 Å². The molecule has 0 radical (unpaired) electrons. The minimum Gasteiger partial charge on any atom is -0.313 e. The third kappa shape index (κ3) is 6.38. The fourth-order valence-corrected chi connectivity index (χ4v) is 3.00. The molecular formula is C12H26N2O2S. The zero-order valence-electron chi connectivity index (χ0n) is 11.2. The van der Waals surface area contributed by atoms with Crippen LogP contribution in [0.25, 0.3) is 0 Å². The van der Waals surface area contributed by atoms with E-state index in [1.54, 1.807) is 0 Å². The maximum atomic E-state index is 10.9. The topological polar surface area (TPSA) is 58.2 Å². The highest BCUT2D eigenvalue weighted by Crippen LogP contribution is 2.29. The number of rotatable bonds is 6. The van der Waals surface area contributed by atoms with Gasteiger partial charge in [-0.15, -0.1) is 0 Å². The first kappa shape index (κ1) is 14.9. The van der Waals surface area contributed by atoms with Gasteiger partial charge < -0.3 is 5.32 Å². The van der Waals surface area contributed by atoms with E-state index in [0.29, 0.717) is 12.6 Å². The molecule has 0 aromatic rings. The van der Waals surface area contributed by atoms with Crippen molar-refractivity contribution in [2.24, 2.45) is 11.8 Å². The minimum atomic E-state index is -3.04. The van der Waals surface area contributed by atoms with Gasteiger partial charge in [-0.05, 0) is 24.7 Å². The van der Waals surface area contributed by atoms with Crippen LogP contribution in [0.3, 0.4) is 0 Å². The van der Waals surface area contributed by atoms with Gasteiger partial charge in [-0.2, -0.15) is 0 Å². The molecule has 1 aliphatic carbocycles. The van der Waals surface area contributed by atoms with Crippen LogP contribution in [0.1, 0.15) is 39.5 Å². The van der Waals surface area contributed by atoms with Crippen LogP contribution in [0.2, 0.25) is 0 Å². The van der Waals surface area contributed by atoms with Crippen LogP contribution in [0.4, 0.5) is 0 Å². The van der Waals surface area contributed by atoms with Gasteiger partial charge in [-0.1, -0.05) is 26.7 Å². The standard InChI is InChI=1S/C12H26N2O2S/c1-10(2)11-5-4-6-12(9-11)13-7-8-14-17(3,15)16/h10-14H,4-9H2,1-3H3. The second-order valence-corrected chi connectivity index (χ2v) is 7.32. The molecule has 2 atom stereocenters. The van der Waals surface area contributed by atoms with Gasteiger partial charge in [-0.3, -0.25) is 0 Å². The number of hydrogen-bond donors (Lipinski definition) is 2. The molecule has 0 saturated heterocycles. The molecule has 102 valence electrons. The van der Waals surface area contributed by atoms with Crippen LogP contribution in [-0.4, -0.2) is 33.8 Å². The lowest BCUT2D eigenvalue weighted by Crippen LogP contribution is -2.39. The summed E-state index contributed by atoms with van der Waals surface area (Å²) in [5, 5.41) is 3.45. The van der Waals surface area contributed by atoms with Gasteiger partial charge in [0.1, 0.15) is 0 Å². The quantitative estimate of drug-likeness (QED) is 0.710. The van der Waals surface area contributed by atoms with Crippen molar-refractivity contribution in [2.75, 3.05) is 19.3 Å². The molecule has 0 amide bonds. The average Bonchev–Trinajstić information content (AvgIpc) is 2.23. The Balaban J connectivity index is 2.19. The second-order valence-electron chi connectivity index (χ2n) is 5.49. The summed E-state index contributed by atoms with van der Waals surface area (Å²) >= 11 is 0. The summed E-state index contributed by atoms with van der Waals surface area (Å²) < 4.78 is 24.3. The summed E-state index contributed by atoms with van der Waals surface area (Å²) in [6.07, 6.45) is 6.29. The van der Waals surface area contributed by atoms with Gasteiger partial charge in [0.05, 0.1) is 6.26 Å². The molecule has 0 bridgehead atoms. The van der Waals surface area contributed by atoms with Crippen LogP contribution < -0.4 is 10.0 Å². The lowest BCUT2D eigenvalue weighted by Gasteiger charge is -2.32. The first-order valence-corrected chi connectivity index (χ1v) is 8.45. The molecule has 4 nitrogen and oxygen atoms in total. The highest BCUT2D eigenvalue weighted by Gasteiger charge is 2.23. The number of nitrogens with one attached hydrogen (secondary N) is 2. The normalized spacial score (nSPS) is 26.4. The Morgan fingerprint density at radius 3 is 2.53 bits per heavy atom. The maximum absolute atomic E-state index is 10.9. The molecule has 5 heteroatoms. The van der Waals surface area contributed by atoms with Crippen molar-refractivity contribution in [2.45, 2.75) is 45.6 Å². The summed E-state index contributed by atoms with van der Waals surface area (Å²) in [6.45, 7) is 5.79. The Morgan fingerprint density at radius 2 is 1.94 bits per heavy atom. The number of sulfonamides is 1. The molecule has 0 aromatic heterocycles. The van der Waals surface area contributed by atoms with E-state index in [1.165, 1.54) is 31.9 Å². The van der Waals surface area contributed by atoms with E-state index in [0.717, 1.165) is 18.4 Å². The van der Waals surface area contributed by atoms with E-state index >= 15 is 0 Å². The van der Waals surface area contributed by atoms with Crippen molar-refractivity contribution in [3.8, 4) is 0 Å². The van der Waals surface area contributed by atoms with Crippen LogP contribution in [-0.2, 0) is 10.0 Å². The van der Waals surface area contributed by atoms with Crippen molar-refractivity contribution >= 4 is 10.0 Å². The summed E-state index contributed by atoms with van der Waals surface area (Å²) in [5.41, 5.74) is 0. The Morgan fingerprint density at radius 1 is 1.24 bits per heavy atom. The van der Waals surface area contributed by atoms with Crippen molar-refractivity contribution in [3.63, 3.8) is 0 Å². The molecule has 1 rings (SSSR count). The Labute approximate surface area is 106 Å². The second kappa shape index (κ2) is 6.71. The molecule has 0 aromatic carbocycles. The van der Waals surface area contributed by atoms with Gasteiger partial charge in [0.2, 0.25) is 10.0 Å². The fourth-order valence-electron chi connectivity index (χ4n) is 2.53. The highest BCUT2D eigenvalue weighted by molar-refractivity contribution is 7.88. The molecule has 1 saturated carbocycles. The smallest absolute Gasteiger partial charge is 0.208 e. The third-order valence-corrected chi connectivity index (χ3v) is 4.31. The van der Waals surface area contributed by atoms with Crippen molar-refractivity contribution in [1.29, 1.82) is 0 Å². The summed E-state index contributed by atoms with van der Waals surface area (Å²) in [5.74, 6) is 1.58. The third-order valence-electron chi connectivity index (χ3n) is 3.58. The average molecular weight is 262 g/mol. The molecule has 0 spiro atoms. The SMILES string of the molecule is CC(C)C1CCCC(NCCNS(C)(=O)=O)C1. The summed E-state index contributed by atoms with van der Waals surface area (Å²) in [4.78, 5) is 0. The number of hydrogen-bond acceptors (Lipinski definition) is 3. The van der Waals surface area contributed by atoms with Crippen LogP contribution in [0.5, 0.6) is 0 Å². The molecule has 1 aliphatic rings. The zero-order chi connectivity index (χ0) is 12.9. The largest absolute Gasteiger partial charge is 0.313 e. The zero-order valence-corrected chi connectivity index (χ0v) is 12.0.